The van der Waals surface area contributed by atoms with E-state index >= 15 is 0 Å². The SMILES string of the molecule is c1ccc(N(c2ccccc2)c2cccc(-c3ccc(-c4ccc(-c5ccc6c(c5)c5ccccc5n6-c5ccccc5)cc4-c4cccc5c4oc4ccccc45)cc3)c2)cc1. The van der Waals surface area contributed by atoms with E-state index in [4.69, 9.17) is 4.42 Å². The number of hydrogen-bond donors (Lipinski definition) is 0. The van der Waals surface area contributed by atoms with E-state index in [0.29, 0.717) is 0 Å². The standard InChI is InChI=1S/C60H40N2O/c1-4-17-46(18-5-1)61(47-19-6-2-7-20-47)49-23-14-16-43(38-49)41-30-32-42(33-31-41)50-36-34-44(39-55(50)54-27-15-26-53-52-25-11-13-29-59(52)63-60(53)54)45-35-37-58-56(40-45)51-24-10-12-28-57(51)62(58)48-21-8-3-9-22-48/h1-40H. The summed E-state index contributed by atoms with van der Waals surface area (Å²) in [7, 11) is 0. The van der Waals surface area contributed by atoms with E-state index in [1.165, 1.54) is 27.4 Å². The quantitative estimate of drug-likeness (QED) is 0.153. The molecule has 0 atom stereocenters. The Morgan fingerprint density at radius 1 is 0.302 bits per heavy atom. The highest BCUT2D eigenvalue weighted by molar-refractivity contribution is 6.12. The minimum Gasteiger partial charge on any atom is -0.455 e. The number of anilines is 3. The summed E-state index contributed by atoms with van der Waals surface area (Å²) in [5.74, 6) is 0. The zero-order valence-electron chi connectivity index (χ0n) is 34.4. The molecule has 3 heteroatoms. The highest BCUT2D eigenvalue weighted by atomic mass is 16.3. The van der Waals surface area contributed by atoms with E-state index in [9.17, 15) is 0 Å². The first kappa shape index (κ1) is 36.5. The molecule has 0 spiro atoms. The van der Waals surface area contributed by atoms with Gasteiger partial charge in [-0.15, -0.1) is 0 Å². The molecule has 2 heterocycles. The number of aromatic nitrogens is 1. The third-order valence-electron chi connectivity index (χ3n) is 12.4. The van der Waals surface area contributed by atoms with Crippen molar-refractivity contribution in [2.45, 2.75) is 0 Å². The Morgan fingerprint density at radius 3 is 1.63 bits per heavy atom. The zero-order chi connectivity index (χ0) is 41.7. The number of benzene rings is 10. The van der Waals surface area contributed by atoms with Crippen molar-refractivity contribution in [2.24, 2.45) is 0 Å². The van der Waals surface area contributed by atoms with Gasteiger partial charge in [0.25, 0.3) is 0 Å². The van der Waals surface area contributed by atoms with E-state index in [2.05, 4.69) is 246 Å². The number of para-hydroxylation sites is 6. The van der Waals surface area contributed by atoms with Crippen molar-refractivity contribution in [3.8, 4) is 50.2 Å². The minimum absolute atomic E-state index is 0.891. The van der Waals surface area contributed by atoms with Crippen LogP contribution in [0.3, 0.4) is 0 Å². The Kier molecular flexibility index (Phi) is 8.83. The molecule has 0 aliphatic carbocycles. The van der Waals surface area contributed by atoms with Gasteiger partial charge in [-0.3, -0.25) is 0 Å². The van der Waals surface area contributed by atoms with E-state index in [-0.39, 0.29) is 0 Å². The number of fused-ring (bicyclic) bond motifs is 6. The monoisotopic (exact) mass is 804 g/mol. The van der Waals surface area contributed by atoms with E-state index in [0.717, 1.165) is 83.6 Å². The van der Waals surface area contributed by atoms with Crippen LogP contribution in [-0.4, -0.2) is 4.57 Å². The summed E-state index contributed by atoms with van der Waals surface area (Å²) in [5, 5.41) is 4.70. The fraction of sp³-hybridized carbons (Fsp3) is 0. The normalized spacial score (nSPS) is 11.5. The molecule has 0 fully saturated rings. The Bertz CT molecular complexity index is 3560. The van der Waals surface area contributed by atoms with Crippen LogP contribution in [0.2, 0.25) is 0 Å². The third-order valence-corrected chi connectivity index (χ3v) is 12.4. The molecule has 0 aliphatic rings. The molecule has 0 amide bonds. The Hall–Kier alpha value is -8.40. The number of rotatable bonds is 8. The number of nitrogens with zero attached hydrogens (tertiary/aromatic N) is 2. The average molecular weight is 805 g/mol. The summed E-state index contributed by atoms with van der Waals surface area (Å²) in [6.07, 6.45) is 0. The largest absolute Gasteiger partial charge is 0.455 e. The Labute approximate surface area is 366 Å². The first-order valence-corrected chi connectivity index (χ1v) is 21.5. The van der Waals surface area contributed by atoms with Gasteiger partial charge in [0.15, 0.2) is 0 Å². The van der Waals surface area contributed by atoms with Gasteiger partial charge in [0.05, 0.1) is 11.0 Å². The van der Waals surface area contributed by atoms with Crippen molar-refractivity contribution < 1.29 is 4.42 Å². The Morgan fingerprint density at radius 2 is 0.857 bits per heavy atom. The van der Waals surface area contributed by atoms with Gasteiger partial charge in [-0.2, -0.15) is 0 Å². The van der Waals surface area contributed by atoms with Crippen LogP contribution in [-0.2, 0) is 0 Å². The van der Waals surface area contributed by atoms with Crippen LogP contribution in [0.1, 0.15) is 0 Å². The molecule has 10 aromatic carbocycles. The lowest BCUT2D eigenvalue weighted by Gasteiger charge is -2.26. The van der Waals surface area contributed by atoms with Crippen molar-refractivity contribution in [1.82, 2.24) is 4.57 Å². The molecule has 2 aromatic heterocycles. The molecular weight excluding hydrogens is 765 g/mol. The molecule has 12 aromatic rings. The molecule has 63 heavy (non-hydrogen) atoms. The molecule has 0 saturated heterocycles. The smallest absolute Gasteiger partial charge is 0.143 e. The molecule has 0 unspecified atom stereocenters. The summed E-state index contributed by atoms with van der Waals surface area (Å²) in [6.45, 7) is 0. The Balaban J connectivity index is 0.982. The van der Waals surface area contributed by atoms with Crippen LogP contribution in [0.15, 0.2) is 247 Å². The number of hydrogen-bond acceptors (Lipinski definition) is 2. The van der Waals surface area contributed by atoms with Gasteiger partial charge >= 0.3 is 0 Å². The second kappa shape index (κ2) is 15.3. The molecule has 0 N–H and O–H groups in total. The maximum Gasteiger partial charge on any atom is 0.143 e. The number of furan rings is 1. The fourth-order valence-corrected chi connectivity index (χ4v) is 9.43. The predicted molar refractivity (Wildman–Crippen MR) is 264 cm³/mol. The second-order valence-corrected chi connectivity index (χ2v) is 16.1. The van der Waals surface area contributed by atoms with Crippen LogP contribution in [0.25, 0.3) is 93.9 Å². The lowest BCUT2D eigenvalue weighted by Crippen LogP contribution is -2.09. The second-order valence-electron chi connectivity index (χ2n) is 16.1. The molecule has 0 radical (unpaired) electrons. The molecule has 296 valence electrons. The molecule has 3 nitrogen and oxygen atoms in total. The third kappa shape index (κ3) is 6.38. The van der Waals surface area contributed by atoms with Crippen molar-refractivity contribution in [2.75, 3.05) is 4.90 Å². The van der Waals surface area contributed by atoms with Crippen LogP contribution in [0.5, 0.6) is 0 Å². The van der Waals surface area contributed by atoms with Crippen LogP contribution in [0.4, 0.5) is 17.1 Å². The van der Waals surface area contributed by atoms with Crippen LogP contribution < -0.4 is 4.90 Å². The summed E-state index contributed by atoms with van der Waals surface area (Å²) in [6, 6.07) is 87.0. The van der Waals surface area contributed by atoms with Crippen LogP contribution >= 0.6 is 0 Å². The fourth-order valence-electron chi connectivity index (χ4n) is 9.43. The average Bonchev–Trinajstić information content (AvgIpc) is 3.91. The van der Waals surface area contributed by atoms with Gasteiger partial charge in [-0.25, -0.2) is 0 Å². The molecule has 0 aliphatic heterocycles. The van der Waals surface area contributed by atoms with Gasteiger partial charge in [0, 0.05) is 49.9 Å². The molecule has 0 saturated carbocycles. The van der Waals surface area contributed by atoms with Gasteiger partial charge in [0.2, 0.25) is 0 Å². The van der Waals surface area contributed by atoms with E-state index < -0.39 is 0 Å². The maximum atomic E-state index is 6.69. The van der Waals surface area contributed by atoms with Gasteiger partial charge in [0.1, 0.15) is 11.2 Å². The van der Waals surface area contributed by atoms with E-state index in [1.807, 2.05) is 6.07 Å². The van der Waals surface area contributed by atoms with Crippen molar-refractivity contribution >= 4 is 60.8 Å². The molecule has 12 rings (SSSR count). The highest BCUT2D eigenvalue weighted by Gasteiger charge is 2.19. The predicted octanol–water partition coefficient (Wildman–Crippen LogP) is 16.8. The topological polar surface area (TPSA) is 21.3 Å². The first-order chi connectivity index (χ1) is 31.2. The summed E-state index contributed by atoms with van der Waals surface area (Å²) in [5.41, 5.74) is 17.8. The zero-order valence-corrected chi connectivity index (χ0v) is 34.4. The maximum absolute atomic E-state index is 6.69. The van der Waals surface area contributed by atoms with Crippen molar-refractivity contribution in [1.29, 1.82) is 0 Å². The highest BCUT2D eigenvalue weighted by Crippen LogP contribution is 2.44. The molecular formula is C60H40N2O. The summed E-state index contributed by atoms with van der Waals surface area (Å²) in [4.78, 5) is 2.31. The lowest BCUT2D eigenvalue weighted by atomic mass is 9.89. The van der Waals surface area contributed by atoms with Crippen LogP contribution in [0, 0.1) is 0 Å². The van der Waals surface area contributed by atoms with Crippen molar-refractivity contribution in [3.63, 3.8) is 0 Å². The summed E-state index contributed by atoms with van der Waals surface area (Å²) < 4.78 is 9.06. The minimum atomic E-state index is 0.891. The molecule has 0 bridgehead atoms. The van der Waals surface area contributed by atoms with Gasteiger partial charge in [-0.05, 0) is 118 Å². The van der Waals surface area contributed by atoms with E-state index in [1.54, 1.807) is 0 Å². The van der Waals surface area contributed by atoms with Gasteiger partial charge in [-0.1, -0.05) is 164 Å². The lowest BCUT2D eigenvalue weighted by molar-refractivity contribution is 0.670. The summed E-state index contributed by atoms with van der Waals surface area (Å²) >= 11 is 0. The van der Waals surface area contributed by atoms with Crippen molar-refractivity contribution in [3.05, 3.63) is 243 Å². The van der Waals surface area contributed by atoms with Gasteiger partial charge < -0.3 is 13.9 Å². The first-order valence-electron chi connectivity index (χ1n) is 21.5.